The van der Waals surface area contributed by atoms with E-state index in [1.165, 1.54) is 17.2 Å². The highest BCUT2D eigenvalue weighted by molar-refractivity contribution is 5.92. The smallest absolute Gasteiger partial charge is 0.227 e. The van der Waals surface area contributed by atoms with E-state index >= 15 is 0 Å². The second kappa shape index (κ2) is 6.59. The summed E-state index contributed by atoms with van der Waals surface area (Å²) >= 11 is 0. The molecule has 2 bridgehead atoms. The Morgan fingerprint density at radius 2 is 2.04 bits per heavy atom. The predicted molar refractivity (Wildman–Crippen MR) is 93.7 cm³/mol. The van der Waals surface area contributed by atoms with Crippen molar-refractivity contribution < 1.29 is 9.18 Å². The van der Waals surface area contributed by atoms with Gasteiger partial charge in [-0.3, -0.25) is 4.79 Å². The maximum atomic E-state index is 14.3. The van der Waals surface area contributed by atoms with E-state index in [-0.39, 0.29) is 17.9 Å². The summed E-state index contributed by atoms with van der Waals surface area (Å²) in [5.41, 5.74) is 7.14. The highest BCUT2D eigenvalue weighted by Crippen LogP contribution is 2.42. The van der Waals surface area contributed by atoms with Crippen molar-refractivity contribution in [3.05, 3.63) is 42.5 Å². The largest absolute Gasteiger partial charge is 0.327 e. The maximum absolute atomic E-state index is 14.3. The summed E-state index contributed by atoms with van der Waals surface area (Å²) in [6, 6.07) is 6.67. The molecule has 1 aromatic carbocycles. The number of rotatable bonds is 3. The first kappa shape index (κ1) is 16.3. The number of nitrogens with two attached hydrogens (primary N) is 1. The molecule has 2 atom stereocenters. The summed E-state index contributed by atoms with van der Waals surface area (Å²) < 4.78 is 15.8. The van der Waals surface area contributed by atoms with E-state index in [0.717, 1.165) is 25.7 Å². The Hall–Kier alpha value is -2.21. The molecule has 6 heteroatoms. The number of amides is 1. The third-order valence-corrected chi connectivity index (χ3v) is 5.75. The zero-order chi connectivity index (χ0) is 17.4. The SMILES string of the molecule is NC1C2CCCC1CC(C(=O)Nc1ccc(-n3cccn3)c(F)c1)C2. The molecule has 0 spiro atoms. The minimum absolute atomic E-state index is 0.0185. The van der Waals surface area contributed by atoms with Crippen molar-refractivity contribution in [3.63, 3.8) is 0 Å². The maximum Gasteiger partial charge on any atom is 0.227 e. The van der Waals surface area contributed by atoms with Crippen molar-refractivity contribution in [3.8, 4) is 5.69 Å². The number of fused-ring (bicyclic) bond motifs is 2. The van der Waals surface area contributed by atoms with Gasteiger partial charge in [-0.05, 0) is 61.8 Å². The number of carbonyl (C=O) groups excluding carboxylic acids is 1. The topological polar surface area (TPSA) is 72.9 Å². The zero-order valence-electron chi connectivity index (χ0n) is 14.1. The average Bonchev–Trinajstić information content (AvgIpc) is 3.08. The van der Waals surface area contributed by atoms with Crippen LogP contribution in [-0.2, 0) is 4.79 Å². The second-order valence-electron chi connectivity index (χ2n) is 7.30. The number of carbonyl (C=O) groups is 1. The van der Waals surface area contributed by atoms with Gasteiger partial charge in [0.15, 0.2) is 5.82 Å². The Morgan fingerprint density at radius 1 is 1.28 bits per heavy atom. The van der Waals surface area contributed by atoms with Crippen LogP contribution in [0.4, 0.5) is 10.1 Å². The normalized spacial score (nSPS) is 28.6. The Morgan fingerprint density at radius 3 is 2.68 bits per heavy atom. The van der Waals surface area contributed by atoms with Crippen LogP contribution in [0, 0.1) is 23.6 Å². The molecule has 2 saturated carbocycles. The molecule has 5 nitrogen and oxygen atoms in total. The second-order valence-corrected chi connectivity index (χ2v) is 7.30. The molecule has 2 unspecified atom stereocenters. The van der Waals surface area contributed by atoms with Crippen LogP contribution in [0.1, 0.15) is 32.1 Å². The van der Waals surface area contributed by atoms with Gasteiger partial charge in [0.2, 0.25) is 5.91 Å². The molecule has 1 heterocycles. The minimum atomic E-state index is -0.413. The molecule has 0 radical (unpaired) electrons. The van der Waals surface area contributed by atoms with Gasteiger partial charge in [-0.15, -0.1) is 0 Å². The lowest BCUT2D eigenvalue weighted by Crippen LogP contribution is -2.48. The molecular weight excluding hydrogens is 319 g/mol. The molecule has 25 heavy (non-hydrogen) atoms. The Balaban J connectivity index is 1.45. The van der Waals surface area contributed by atoms with Crippen LogP contribution in [0.5, 0.6) is 0 Å². The van der Waals surface area contributed by atoms with Crippen molar-refractivity contribution in [1.29, 1.82) is 0 Å². The molecule has 2 aromatic rings. The first-order valence-corrected chi connectivity index (χ1v) is 8.98. The van der Waals surface area contributed by atoms with E-state index in [9.17, 15) is 9.18 Å². The fraction of sp³-hybridized carbons (Fsp3) is 0.474. The zero-order valence-corrected chi connectivity index (χ0v) is 14.1. The van der Waals surface area contributed by atoms with E-state index in [4.69, 9.17) is 5.73 Å². The molecule has 2 aliphatic rings. The van der Waals surface area contributed by atoms with E-state index in [0.29, 0.717) is 23.2 Å². The van der Waals surface area contributed by atoms with Crippen LogP contribution in [0.25, 0.3) is 5.69 Å². The van der Waals surface area contributed by atoms with E-state index in [2.05, 4.69) is 10.4 Å². The number of nitrogens with zero attached hydrogens (tertiary/aromatic N) is 2. The van der Waals surface area contributed by atoms with Crippen molar-refractivity contribution in [2.24, 2.45) is 23.5 Å². The Bertz CT molecular complexity index is 747. The van der Waals surface area contributed by atoms with Crippen LogP contribution < -0.4 is 11.1 Å². The quantitative estimate of drug-likeness (QED) is 0.900. The predicted octanol–water partition coefficient (Wildman–Crippen LogP) is 3.10. The number of anilines is 1. The fourth-order valence-corrected chi connectivity index (χ4v) is 4.43. The Kier molecular flexibility index (Phi) is 4.29. The van der Waals surface area contributed by atoms with Gasteiger partial charge >= 0.3 is 0 Å². The average molecular weight is 342 g/mol. The van der Waals surface area contributed by atoms with Crippen LogP contribution in [0.2, 0.25) is 0 Å². The summed E-state index contributed by atoms with van der Waals surface area (Å²) in [5.74, 6) is 0.437. The van der Waals surface area contributed by atoms with Crippen molar-refractivity contribution in [1.82, 2.24) is 9.78 Å². The van der Waals surface area contributed by atoms with Crippen LogP contribution in [-0.4, -0.2) is 21.7 Å². The van der Waals surface area contributed by atoms with Crippen molar-refractivity contribution in [2.45, 2.75) is 38.1 Å². The number of benzene rings is 1. The van der Waals surface area contributed by atoms with Gasteiger partial charge in [-0.25, -0.2) is 9.07 Å². The fourth-order valence-electron chi connectivity index (χ4n) is 4.43. The summed E-state index contributed by atoms with van der Waals surface area (Å²) in [4.78, 5) is 12.6. The summed E-state index contributed by atoms with van der Waals surface area (Å²) in [6.45, 7) is 0. The lowest BCUT2D eigenvalue weighted by Gasteiger charge is -2.43. The van der Waals surface area contributed by atoms with Crippen molar-refractivity contribution in [2.75, 3.05) is 5.32 Å². The lowest BCUT2D eigenvalue weighted by atomic mass is 9.65. The molecule has 1 amide bonds. The van der Waals surface area contributed by atoms with Gasteiger partial charge < -0.3 is 11.1 Å². The molecular formula is C19H23FN4O. The third-order valence-electron chi connectivity index (χ3n) is 5.75. The number of hydrogen-bond acceptors (Lipinski definition) is 3. The number of hydrogen-bond donors (Lipinski definition) is 2. The minimum Gasteiger partial charge on any atom is -0.327 e. The molecule has 4 rings (SSSR count). The lowest BCUT2D eigenvalue weighted by molar-refractivity contribution is -0.122. The highest BCUT2D eigenvalue weighted by atomic mass is 19.1. The molecule has 0 saturated heterocycles. The molecule has 2 aliphatic carbocycles. The summed E-state index contributed by atoms with van der Waals surface area (Å²) in [7, 11) is 0. The van der Waals surface area contributed by atoms with E-state index in [1.807, 2.05) is 0 Å². The van der Waals surface area contributed by atoms with E-state index < -0.39 is 5.82 Å². The van der Waals surface area contributed by atoms with Gasteiger partial charge in [-0.2, -0.15) is 5.10 Å². The first-order valence-electron chi connectivity index (χ1n) is 8.98. The number of halogens is 1. The molecule has 2 fully saturated rings. The standard InChI is InChI=1S/C19H23FN4O/c20-16-11-15(5-6-17(16)24-8-2-7-22-24)23-19(25)14-9-12-3-1-4-13(10-14)18(12)21/h2,5-8,11-14,18H,1,3-4,9-10,21H2,(H,23,25). The van der Waals surface area contributed by atoms with E-state index in [1.54, 1.807) is 30.6 Å². The van der Waals surface area contributed by atoms with Crippen LogP contribution in [0.3, 0.4) is 0 Å². The summed E-state index contributed by atoms with van der Waals surface area (Å²) in [5, 5.41) is 6.91. The van der Waals surface area contributed by atoms with Crippen molar-refractivity contribution >= 4 is 11.6 Å². The third kappa shape index (κ3) is 3.18. The van der Waals surface area contributed by atoms with Gasteiger partial charge in [-0.1, -0.05) is 6.42 Å². The molecule has 3 N–H and O–H groups in total. The molecule has 0 aliphatic heterocycles. The van der Waals surface area contributed by atoms with Crippen LogP contribution in [0.15, 0.2) is 36.7 Å². The van der Waals surface area contributed by atoms with Gasteiger partial charge in [0.05, 0.1) is 0 Å². The Labute approximate surface area is 146 Å². The molecule has 132 valence electrons. The highest BCUT2D eigenvalue weighted by Gasteiger charge is 2.40. The van der Waals surface area contributed by atoms with Gasteiger partial charge in [0, 0.05) is 30.0 Å². The summed E-state index contributed by atoms with van der Waals surface area (Å²) in [6.07, 6.45) is 8.43. The van der Waals surface area contributed by atoms with Crippen LogP contribution >= 0.6 is 0 Å². The molecule has 1 aromatic heterocycles. The first-order chi connectivity index (χ1) is 12.1. The van der Waals surface area contributed by atoms with Gasteiger partial charge in [0.1, 0.15) is 5.69 Å². The number of aromatic nitrogens is 2. The van der Waals surface area contributed by atoms with Gasteiger partial charge in [0.25, 0.3) is 0 Å². The monoisotopic (exact) mass is 342 g/mol. The number of nitrogens with one attached hydrogen (secondary N) is 1.